The Labute approximate surface area is 150 Å². The maximum atomic E-state index is 12.3. The van der Waals surface area contributed by atoms with Crippen molar-refractivity contribution in [2.24, 2.45) is 0 Å². The molecule has 1 aromatic carbocycles. The van der Waals surface area contributed by atoms with E-state index in [9.17, 15) is 4.79 Å². The maximum absolute atomic E-state index is 12.3. The highest BCUT2D eigenvalue weighted by Crippen LogP contribution is 2.18. The summed E-state index contributed by atoms with van der Waals surface area (Å²) in [6.07, 6.45) is 7.61. The topological polar surface area (TPSA) is 75.6 Å². The lowest BCUT2D eigenvalue weighted by Gasteiger charge is -2.08. The third-order valence-corrected chi connectivity index (χ3v) is 4.40. The molecule has 0 bridgehead atoms. The van der Waals surface area contributed by atoms with Crippen LogP contribution in [0, 0.1) is 6.92 Å². The number of fused-ring (bicyclic) bond motifs is 1. The van der Waals surface area contributed by atoms with Crippen LogP contribution in [0.5, 0.6) is 0 Å². The molecule has 0 aliphatic heterocycles. The van der Waals surface area contributed by atoms with Gasteiger partial charge in [0.05, 0.1) is 6.42 Å². The first-order valence-corrected chi connectivity index (χ1v) is 8.47. The number of aromatic amines is 1. The number of carbonyl (C=O) groups is 1. The summed E-state index contributed by atoms with van der Waals surface area (Å²) in [6.45, 7) is 2.39. The molecule has 6 heteroatoms. The summed E-state index contributed by atoms with van der Waals surface area (Å²) < 4.78 is 1.91. The molecule has 130 valence electrons. The van der Waals surface area contributed by atoms with Crippen molar-refractivity contribution in [3.8, 4) is 5.82 Å². The molecule has 0 atom stereocenters. The van der Waals surface area contributed by atoms with E-state index in [2.05, 4.69) is 20.3 Å². The maximum Gasteiger partial charge on any atom is 0.224 e. The molecule has 0 aliphatic carbocycles. The van der Waals surface area contributed by atoms with Crippen LogP contribution in [0.15, 0.2) is 61.2 Å². The highest BCUT2D eigenvalue weighted by atomic mass is 16.1. The van der Waals surface area contributed by atoms with E-state index in [1.807, 2.05) is 60.3 Å². The average Bonchev–Trinajstić information content (AvgIpc) is 3.27. The van der Waals surface area contributed by atoms with E-state index in [-0.39, 0.29) is 5.91 Å². The van der Waals surface area contributed by atoms with Gasteiger partial charge in [-0.2, -0.15) is 0 Å². The summed E-state index contributed by atoms with van der Waals surface area (Å²) in [4.78, 5) is 24.1. The molecule has 1 amide bonds. The third-order valence-electron chi connectivity index (χ3n) is 4.40. The lowest BCUT2D eigenvalue weighted by Crippen LogP contribution is -2.24. The number of hydrogen-bond donors (Lipinski definition) is 2. The third kappa shape index (κ3) is 3.21. The van der Waals surface area contributed by atoms with Gasteiger partial charge in [-0.1, -0.05) is 18.2 Å². The lowest BCUT2D eigenvalue weighted by atomic mass is 10.1. The first kappa shape index (κ1) is 16.1. The van der Waals surface area contributed by atoms with E-state index in [0.717, 1.165) is 33.7 Å². The zero-order valence-electron chi connectivity index (χ0n) is 14.4. The number of para-hydroxylation sites is 1. The molecule has 3 aromatic heterocycles. The first-order chi connectivity index (χ1) is 12.7. The summed E-state index contributed by atoms with van der Waals surface area (Å²) in [5.74, 6) is 1.66. The number of benzene rings is 1. The van der Waals surface area contributed by atoms with E-state index < -0.39 is 0 Å². The zero-order valence-corrected chi connectivity index (χ0v) is 14.4. The predicted octanol–water partition coefficient (Wildman–Crippen LogP) is 2.92. The minimum Gasteiger partial charge on any atom is -0.361 e. The van der Waals surface area contributed by atoms with E-state index in [1.54, 1.807) is 12.4 Å². The van der Waals surface area contributed by atoms with Crippen LogP contribution in [0.4, 0.5) is 0 Å². The van der Waals surface area contributed by atoms with Gasteiger partial charge in [0, 0.05) is 42.2 Å². The number of nitrogens with one attached hydrogen (secondary N) is 2. The van der Waals surface area contributed by atoms with Crippen LogP contribution >= 0.6 is 0 Å². The standard InChI is InChI=1S/C20H19N5O/c1-14-21-8-9-25(14)19-10-15(6-7-22-19)12-24-20(26)11-16-13-23-18-5-3-2-4-17(16)18/h2-10,13,23H,11-12H2,1H3,(H,24,26). The van der Waals surface area contributed by atoms with Crippen molar-refractivity contribution in [2.45, 2.75) is 19.9 Å². The van der Waals surface area contributed by atoms with Gasteiger partial charge in [-0.05, 0) is 36.2 Å². The van der Waals surface area contributed by atoms with E-state index in [1.165, 1.54) is 0 Å². The number of pyridine rings is 1. The number of amides is 1. The molecular weight excluding hydrogens is 326 g/mol. The number of H-pyrrole nitrogens is 1. The smallest absolute Gasteiger partial charge is 0.224 e. The van der Waals surface area contributed by atoms with Gasteiger partial charge in [0.25, 0.3) is 0 Å². The fourth-order valence-corrected chi connectivity index (χ4v) is 3.04. The van der Waals surface area contributed by atoms with E-state index >= 15 is 0 Å². The Bertz CT molecular complexity index is 1060. The molecule has 6 nitrogen and oxygen atoms in total. The van der Waals surface area contributed by atoms with Gasteiger partial charge in [-0.25, -0.2) is 9.97 Å². The molecule has 0 spiro atoms. The Morgan fingerprint density at radius 1 is 1.19 bits per heavy atom. The van der Waals surface area contributed by atoms with Crippen LogP contribution in [0.3, 0.4) is 0 Å². The van der Waals surface area contributed by atoms with Crippen LogP contribution in [0.2, 0.25) is 0 Å². The van der Waals surface area contributed by atoms with Crippen molar-refractivity contribution < 1.29 is 4.79 Å². The van der Waals surface area contributed by atoms with Crippen LogP contribution in [-0.4, -0.2) is 25.4 Å². The normalized spacial score (nSPS) is 11.0. The molecule has 0 radical (unpaired) electrons. The van der Waals surface area contributed by atoms with E-state index in [0.29, 0.717) is 13.0 Å². The van der Waals surface area contributed by atoms with Gasteiger partial charge in [-0.15, -0.1) is 0 Å². The van der Waals surface area contributed by atoms with E-state index in [4.69, 9.17) is 0 Å². The number of carbonyl (C=O) groups excluding carboxylic acids is 1. The molecule has 2 N–H and O–H groups in total. The molecule has 0 saturated carbocycles. The Morgan fingerprint density at radius 3 is 2.92 bits per heavy atom. The molecule has 0 fully saturated rings. The van der Waals surface area contributed by atoms with Crippen molar-refractivity contribution >= 4 is 16.8 Å². The summed E-state index contributed by atoms with van der Waals surface area (Å²) in [5, 5.41) is 4.07. The fourth-order valence-electron chi connectivity index (χ4n) is 3.04. The molecule has 3 heterocycles. The van der Waals surface area contributed by atoms with Crippen LogP contribution in [0.1, 0.15) is 17.0 Å². The molecule has 0 unspecified atom stereocenters. The van der Waals surface area contributed by atoms with Gasteiger partial charge in [0.1, 0.15) is 11.6 Å². The number of imidazole rings is 1. The van der Waals surface area contributed by atoms with Gasteiger partial charge in [0.15, 0.2) is 0 Å². The molecular formula is C20H19N5O. The molecule has 26 heavy (non-hydrogen) atoms. The minimum atomic E-state index is -0.00748. The summed E-state index contributed by atoms with van der Waals surface area (Å²) in [7, 11) is 0. The van der Waals surface area contributed by atoms with Gasteiger partial charge < -0.3 is 10.3 Å². The van der Waals surface area contributed by atoms with Crippen LogP contribution in [-0.2, 0) is 17.8 Å². The van der Waals surface area contributed by atoms with Crippen molar-refractivity contribution in [3.05, 3.63) is 78.1 Å². The second-order valence-corrected chi connectivity index (χ2v) is 6.18. The number of aromatic nitrogens is 4. The number of rotatable bonds is 5. The quantitative estimate of drug-likeness (QED) is 0.584. The number of hydrogen-bond acceptors (Lipinski definition) is 3. The SMILES string of the molecule is Cc1nccn1-c1cc(CNC(=O)Cc2c[nH]c3ccccc23)ccn1. The summed E-state index contributed by atoms with van der Waals surface area (Å²) >= 11 is 0. The molecule has 0 aliphatic rings. The minimum absolute atomic E-state index is 0.00748. The van der Waals surface area contributed by atoms with Crippen molar-refractivity contribution in [1.29, 1.82) is 0 Å². The monoisotopic (exact) mass is 345 g/mol. The summed E-state index contributed by atoms with van der Waals surface area (Å²) in [5.41, 5.74) is 3.04. The zero-order chi connectivity index (χ0) is 17.9. The fraction of sp³-hybridized carbons (Fsp3) is 0.150. The predicted molar refractivity (Wildman–Crippen MR) is 99.9 cm³/mol. The van der Waals surface area contributed by atoms with Crippen LogP contribution in [0.25, 0.3) is 16.7 Å². The largest absolute Gasteiger partial charge is 0.361 e. The Kier molecular flexibility index (Phi) is 4.23. The molecule has 4 aromatic rings. The van der Waals surface area contributed by atoms with Crippen molar-refractivity contribution in [2.75, 3.05) is 0 Å². The highest BCUT2D eigenvalue weighted by Gasteiger charge is 2.09. The van der Waals surface area contributed by atoms with Gasteiger partial charge in [-0.3, -0.25) is 9.36 Å². The lowest BCUT2D eigenvalue weighted by molar-refractivity contribution is -0.120. The van der Waals surface area contributed by atoms with Crippen LogP contribution < -0.4 is 5.32 Å². The Balaban J connectivity index is 1.42. The average molecular weight is 345 g/mol. The molecule has 4 rings (SSSR count). The van der Waals surface area contributed by atoms with Gasteiger partial charge in [0.2, 0.25) is 5.91 Å². The number of nitrogens with zero attached hydrogens (tertiary/aromatic N) is 3. The van der Waals surface area contributed by atoms with Gasteiger partial charge >= 0.3 is 0 Å². The first-order valence-electron chi connectivity index (χ1n) is 8.47. The Hall–Kier alpha value is -3.41. The highest BCUT2D eigenvalue weighted by molar-refractivity contribution is 5.88. The van der Waals surface area contributed by atoms with Crippen molar-refractivity contribution in [3.63, 3.8) is 0 Å². The second kappa shape index (κ2) is 6.84. The number of aryl methyl sites for hydroxylation is 1. The van der Waals surface area contributed by atoms with Crippen molar-refractivity contribution in [1.82, 2.24) is 24.8 Å². The second-order valence-electron chi connectivity index (χ2n) is 6.18. The summed E-state index contributed by atoms with van der Waals surface area (Å²) in [6, 6.07) is 11.9. The molecule has 0 saturated heterocycles. The Morgan fingerprint density at radius 2 is 2.08 bits per heavy atom.